The van der Waals surface area contributed by atoms with Gasteiger partial charge in [0.05, 0.1) is 13.2 Å². The van der Waals surface area contributed by atoms with Crippen LogP contribution in [0.1, 0.15) is 29.7 Å². The molecule has 2 amide bonds. The first-order valence-corrected chi connectivity index (χ1v) is 7.28. The average molecular weight is 298 g/mol. The fourth-order valence-corrected chi connectivity index (χ4v) is 2.45. The van der Waals surface area contributed by atoms with Gasteiger partial charge in [0, 0.05) is 11.8 Å². The summed E-state index contributed by atoms with van der Waals surface area (Å²) in [7, 11) is 1.60. The van der Waals surface area contributed by atoms with Gasteiger partial charge in [-0.15, -0.1) is 0 Å². The summed E-state index contributed by atoms with van der Waals surface area (Å²) in [5, 5.41) is 5.77. The number of amides is 2. The lowest BCUT2D eigenvalue weighted by molar-refractivity contribution is 0.249. The highest BCUT2D eigenvalue weighted by Gasteiger charge is 2.12. The zero-order chi connectivity index (χ0) is 16.1. The molecule has 2 N–H and O–H groups in total. The van der Waals surface area contributed by atoms with E-state index in [1.807, 2.05) is 25.1 Å². The largest absolute Gasteiger partial charge is 0.497 e. The molecule has 22 heavy (non-hydrogen) atoms. The molecule has 2 rings (SSSR count). The van der Waals surface area contributed by atoms with Crippen molar-refractivity contribution in [3.63, 3.8) is 0 Å². The molecule has 0 radical (unpaired) electrons. The van der Waals surface area contributed by atoms with Crippen LogP contribution in [-0.4, -0.2) is 13.1 Å². The van der Waals surface area contributed by atoms with E-state index in [9.17, 15) is 4.79 Å². The molecule has 2 aromatic carbocycles. The van der Waals surface area contributed by atoms with Crippen LogP contribution < -0.4 is 15.4 Å². The summed E-state index contributed by atoms with van der Waals surface area (Å²) in [6.45, 7) is 6.09. The third-order valence-electron chi connectivity index (χ3n) is 3.57. The molecule has 0 aromatic heterocycles. The second-order valence-corrected chi connectivity index (χ2v) is 5.41. The maximum Gasteiger partial charge on any atom is 0.319 e. The number of hydrogen-bond acceptors (Lipinski definition) is 2. The summed E-state index contributed by atoms with van der Waals surface area (Å²) in [4.78, 5) is 12.1. The summed E-state index contributed by atoms with van der Waals surface area (Å²) < 4.78 is 5.14. The Morgan fingerprint density at radius 1 is 1.14 bits per heavy atom. The molecule has 2 aromatic rings. The molecule has 0 spiro atoms. The number of nitrogens with one attached hydrogen (secondary N) is 2. The van der Waals surface area contributed by atoms with Gasteiger partial charge in [0.1, 0.15) is 5.75 Å². The van der Waals surface area contributed by atoms with Crippen LogP contribution in [0.25, 0.3) is 0 Å². The van der Waals surface area contributed by atoms with Crippen LogP contribution in [0, 0.1) is 13.8 Å². The van der Waals surface area contributed by atoms with Gasteiger partial charge >= 0.3 is 6.03 Å². The number of anilines is 1. The predicted octanol–water partition coefficient (Wildman–Crippen LogP) is 4.19. The van der Waals surface area contributed by atoms with Crippen LogP contribution in [-0.2, 0) is 0 Å². The minimum atomic E-state index is -0.235. The van der Waals surface area contributed by atoms with Crippen molar-refractivity contribution in [1.29, 1.82) is 0 Å². The van der Waals surface area contributed by atoms with Crippen LogP contribution in [0.2, 0.25) is 0 Å². The van der Waals surface area contributed by atoms with Crippen LogP contribution in [0.3, 0.4) is 0 Å². The van der Waals surface area contributed by atoms with E-state index in [1.54, 1.807) is 13.2 Å². The molecule has 0 unspecified atom stereocenters. The molecule has 4 nitrogen and oxygen atoms in total. The monoisotopic (exact) mass is 298 g/mol. The molecule has 4 heteroatoms. The standard InChI is InChI=1S/C18H22N2O2/c1-12-8-9-17(13(2)10-12)14(3)19-18(21)20-15-6-5-7-16(11-15)22-4/h5-11,14H,1-4H3,(H2,19,20,21)/t14-/m0/s1. The fourth-order valence-electron chi connectivity index (χ4n) is 2.45. The highest BCUT2D eigenvalue weighted by atomic mass is 16.5. The predicted molar refractivity (Wildman–Crippen MR) is 89.5 cm³/mol. The molecule has 0 heterocycles. The van der Waals surface area contributed by atoms with E-state index >= 15 is 0 Å². The smallest absolute Gasteiger partial charge is 0.319 e. The summed E-state index contributed by atoms with van der Waals surface area (Å²) in [6, 6.07) is 13.2. The van der Waals surface area contributed by atoms with Crippen molar-refractivity contribution in [1.82, 2.24) is 5.32 Å². The maximum absolute atomic E-state index is 12.1. The van der Waals surface area contributed by atoms with Crippen molar-refractivity contribution in [2.24, 2.45) is 0 Å². The van der Waals surface area contributed by atoms with Crippen molar-refractivity contribution < 1.29 is 9.53 Å². The second kappa shape index (κ2) is 6.98. The molecule has 0 aliphatic heterocycles. The van der Waals surface area contributed by atoms with Crippen molar-refractivity contribution in [3.05, 3.63) is 59.2 Å². The Hall–Kier alpha value is -2.49. The Kier molecular flexibility index (Phi) is 5.04. The second-order valence-electron chi connectivity index (χ2n) is 5.41. The van der Waals surface area contributed by atoms with Crippen molar-refractivity contribution in [3.8, 4) is 5.75 Å². The topological polar surface area (TPSA) is 50.4 Å². The summed E-state index contributed by atoms with van der Waals surface area (Å²) in [5.41, 5.74) is 4.21. The summed E-state index contributed by atoms with van der Waals surface area (Å²) >= 11 is 0. The number of ether oxygens (including phenoxy) is 1. The molecule has 0 fully saturated rings. The van der Waals surface area contributed by atoms with E-state index in [0.29, 0.717) is 11.4 Å². The minimum Gasteiger partial charge on any atom is -0.497 e. The molecular formula is C18H22N2O2. The lowest BCUT2D eigenvalue weighted by Gasteiger charge is -2.17. The number of benzene rings is 2. The van der Waals surface area contributed by atoms with Crippen molar-refractivity contribution in [2.45, 2.75) is 26.8 Å². The average Bonchev–Trinajstić information content (AvgIpc) is 2.47. The number of urea groups is 1. The first-order chi connectivity index (χ1) is 10.5. The van der Waals surface area contributed by atoms with Gasteiger partial charge in [-0.05, 0) is 44.0 Å². The number of hydrogen-bond donors (Lipinski definition) is 2. The Morgan fingerprint density at radius 2 is 1.91 bits per heavy atom. The molecule has 0 bridgehead atoms. The SMILES string of the molecule is COc1cccc(NC(=O)N[C@@H](C)c2ccc(C)cc2C)c1. The van der Waals surface area contributed by atoms with Gasteiger partial charge in [0.15, 0.2) is 0 Å². The van der Waals surface area contributed by atoms with Gasteiger partial charge in [-0.3, -0.25) is 0 Å². The van der Waals surface area contributed by atoms with E-state index in [2.05, 4.69) is 42.7 Å². The van der Waals surface area contributed by atoms with Gasteiger partial charge in [-0.2, -0.15) is 0 Å². The van der Waals surface area contributed by atoms with Gasteiger partial charge in [-0.25, -0.2) is 4.79 Å². The van der Waals surface area contributed by atoms with Gasteiger partial charge in [0.25, 0.3) is 0 Å². The van der Waals surface area contributed by atoms with Gasteiger partial charge in [0.2, 0.25) is 0 Å². The number of rotatable bonds is 4. The maximum atomic E-state index is 12.1. The fraction of sp³-hybridized carbons (Fsp3) is 0.278. The highest BCUT2D eigenvalue weighted by Crippen LogP contribution is 2.20. The Morgan fingerprint density at radius 3 is 2.59 bits per heavy atom. The Balaban J connectivity index is 2.01. The Labute approximate surface area is 131 Å². The summed E-state index contributed by atoms with van der Waals surface area (Å²) in [5.74, 6) is 0.709. The molecule has 0 aliphatic carbocycles. The molecule has 0 aliphatic rings. The number of carbonyl (C=O) groups excluding carboxylic acids is 1. The van der Waals surface area contributed by atoms with Crippen LogP contribution >= 0.6 is 0 Å². The molecule has 0 saturated heterocycles. The lowest BCUT2D eigenvalue weighted by Crippen LogP contribution is -2.31. The van der Waals surface area contributed by atoms with E-state index in [1.165, 1.54) is 11.1 Å². The van der Waals surface area contributed by atoms with Crippen LogP contribution in [0.4, 0.5) is 10.5 Å². The van der Waals surface area contributed by atoms with E-state index in [0.717, 1.165) is 5.56 Å². The zero-order valence-electron chi connectivity index (χ0n) is 13.4. The quantitative estimate of drug-likeness (QED) is 0.889. The van der Waals surface area contributed by atoms with Crippen molar-refractivity contribution >= 4 is 11.7 Å². The van der Waals surface area contributed by atoms with Gasteiger partial charge in [-0.1, -0.05) is 29.8 Å². The third-order valence-corrected chi connectivity index (χ3v) is 3.57. The number of aryl methyl sites for hydroxylation is 2. The van der Waals surface area contributed by atoms with Gasteiger partial charge < -0.3 is 15.4 Å². The molecule has 0 saturated carbocycles. The zero-order valence-corrected chi connectivity index (χ0v) is 13.4. The van der Waals surface area contributed by atoms with E-state index in [4.69, 9.17) is 4.74 Å². The molecule has 1 atom stereocenters. The summed E-state index contributed by atoms with van der Waals surface area (Å²) in [6.07, 6.45) is 0. The molecular weight excluding hydrogens is 276 g/mol. The normalized spacial score (nSPS) is 11.6. The minimum absolute atomic E-state index is 0.0637. The van der Waals surface area contributed by atoms with Crippen LogP contribution in [0.5, 0.6) is 5.75 Å². The van der Waals surface area contributed by atoms with E-state index in [-0.39, 0.29) is 12.1 Å². The van der Waals surface area contributed by atoms with Crippen LogP contribution in [0.15, 0.2) is 42.5 Å². The third kappa shape index (κ3) is 4.01. The number of methoxy groups -OCH3 is 1. The first-order valence-electron chi connectivity index (χ1n) is 7.28. The first kappa shape index (κ1) is 15.9. The van der Waals surface area contributed by atoms with Crippen molar-refractivity contribution in [2.75, 3.05) is 12.4 Å². The lowest BCUT2D eigenvalue weighted by atomic mass is 10.0. The van der Waals surface area contributed by atoms with E-state index < -0.39 is 0 Å². The Bertz CT molecular complexity index is 668. The highest BCUT2D eigenvalue weighted by molar-refractivity contribution is 5.89. The molecule has 116 valence electrons. The number of carbonyl (C=O) groups is 1.